The first-order chi connectivity index (χ1) is 9.24. The molecule has 2 heterocycles. The number of nitrogen functional groups attached to an aromatic ring is 1. The summed E-state index contributed by atoms with van der Waals surface area (Å²) in [5, 5.41) is 0.0138. The molecule has 0 radical (unpaired) electrons. The Kier molecular flexibility index (Phi) is 3.72. The smallest absolute Gasteiger partial charge is 0.260 e. The summed E-state index contributed by atoms with van der Waals surface area (Å²) in [5.41, 5.74) is 2.69. The van der Waals surface area contributed by atoms with E-state index in [4.69, 9.17) is 5.84 Å². The molecule has 0 saturated heterocycles. The zero-order valence-electron chi connectivity index (χ0n) is 11.7. The molecule has 0 amide bonds. The molecule has 0 aromatic carbocycles. The minimum atomic E-state index is -3.71. The average molecular weight is 297 g/mol. The lowest BCUT2D eigenvalue weighted by molar-refractivity contribution is 0.407. The Bertz CT molecular complexity index is 715. The number of nitrogens with two attached hydrogens (primary N) is 1. The van der Waals surface area contributed by atoms with Crippen molar-refractivity contribution in [2.45, 2.75) is 25.8 Å². The Morgan fingerprint density at radius 3 is 2.65 bits per heavy atom. The first-order valence-corrected chi connectivity index (χ1v) is 7.66. The number of anilines is 1. The van der Waals surface area contributed by atoms with Gasteiger partial charge < -0.3 is 5.43 Å². The van der Waals surface area contributed by atoms with Gasteiger partial charge in [-0.3, -0.25) is 4.40 Å². The van der Waals surface area contributed by atoms with Crippen LogP contribution in [0.3, 0.4) is 0 Å². The highest BCUT2D eigenvalue weighted by atomic mass is 32.2. The molecule has 0 fully saturated rings. The maximum absolute atomic E-state index is 12.5. The van der Waals surface area contributed by atoms with Gasteiger partial charge in [0.1, 0.15) is 5.65 Å². The van der Waals surface area contributed by atoms with Crippen LogP contribution in [0.1, 0.15) is 20.8 Å². The molecule has 0 saturated carbocycles. The molecule has 0 unspecified atom stereocenters. The zero-order valence-corrected chi connectivity index (χ0v) is 12.5. The molecule has 7 nitrogen and oxygen atoms in total. The van der Waals surface area contributed by atoms with Gasteiger partial charge in [0.05, 0.1) is 0 Å². The molecule has 20 heavy (non-hydrogen) atoms. The van der Waals surface area contributed by atoms with Crippen LogP contribution < -0.4 is 16.0 Å². The molecule has 4 N–H and O–H groups in total. The van der Waals surface area contributed by atoms with Crippen molar-refractivity contribution in [3.05, 3.63) is 24.4 Å². The third-order valence-corrected chi connectivity index (χ3v) is 4.09. The highest BCUT2D eigenvalue weighted by Crippen LogP contribution is 2.22. The number of imidazole rings is 1. The first-order valence-electron chi connectivity index (χ1n) is 6.18. The van der Waals surface area contributed by atoms with Gasteiger partial charge >= 0.3 is 0 Å². The Morgan fingerprint density at radius 2 is 2.05 bits per heavy atom. The van der Waals surface area contributed by atoms with Crippen LogP contribution in [0.5, 0.6) is 0 Å². The van der Waals surface area contributed by atoms with E-state index in [1.807, 2.05) is 20.8 Å². The quantitative estimate of drug-likeness (QED) is 0.576. The summed E-state index contributed by atoms with van der Waals surface area (Å²) in [4.78, 5) is 4.15. The van der Waals surface area contributed by atoms with Gasteiger partial charge in [-0.1, -0.05) is 26.8 Å². The van der Waals surface area contributed by atoms with E-state index in [1.54, 1.807) is 24.4 Å². The number of nitrogens with one attached hydrogen (secondary N) is 2. The summed E-state index contributed by atoms with van der Waals surface area (Å²) in [5.74, 6) is 5.50. The van der Waals surface area contributed by atoms with Crippen LogP contribution in [-0.2, 0) is 10.0 Å². The predicted molar refractivity (Wildman–Crippen MR) is 77.6 cm³/mol. The lowest BCUT2D eigenvalue weighted by atomic mass is 9.98. The molecular weight excluding hydrogens is 278 g/mol. The van der Waals surface area contributed by atoms with Crippen molar-refractivity contribution in [3.63, 3.8) is 0 Å². The van der Waals surface area contributed by atoms with Crippen LogP contribution in [0, 0.1) is 5.41 Å². The SMILES string of the molecule is CC(C)(C)CNS(=O)(=O)c1c(NN)nc2ccccn12. The topological polar surface area (TPSA) is 102 Å². The van der Waals surface area contributed by atoms with Crippen LogP contribution in [0.2, 0.25) is 0 Å². The number of sulfonamides is 1. The maximum Gasteiger partial charge on any atom is 0.260 e. The summed E-state index contributed by atoms with van der Waals surface area (Å²) in [6.45, 7) is 6.17. The lowest BCUT2D eigenvalue weighted by Crippen LogP contribution is -2.33. The van der Waals surface area contributed by atoms with E-state index in [0.29, 0.717) is 12.2 Å². The highest BCUT2D eigenvalue weighted by molar-refractivity contribution is 7.89. The number of fused-ring (bicyclic) bond motifs is 1. The van der Waals surface area contributed by atoms with E-state index in [-0.39, 0.29) is 16.3 Å². The Balaban J connectivity index is 2.50. The molecule has 110 valence electrons. The van der Waals surface area contributed by atoms with E-state index in [2.05, 4.69) is 15.1 Å². The standard InChI is InChI=1S/C12H19N5O2S/c1-12(2,3)8-14-20(18,19)11-10(16-13)15-9-6-4-5-7-17(9)11/h4-7,14,16H,8,13H2,1-3H3. The molecule has 8 heteroatoms. The Hall–Kier alpha value is -1.64. The second-order valence-corrected chi connectivity index (χ2v) is 7.41. The molecule has 2 aromatic rings. The summed E-state index contributed by atoms with van der Waals surface area (Å²) >= 11 is 0. The van der Waals surface area contributed by atoms with E-state index in [1.165, 1.54) is 4.40 Å². The molecule has 0 aliphatic rings. The largest absolute Gasteiger partial charge is 0.306 e. The molecular formula is C12H19N5O2S. The van der Waals surface area contributed by atoms with Gasteiger partial charge in [-0.05, 0) is 17.5 Å². The third-order valence-electron chi connectivity index (χ3n) is 2.67. The first kappa shape index (κ1) is 14.8. The molecule has 0 bridgehead atoms. The third kappa shape index (κ3) is 2.92. The summed E-state index contributed by atoms with van der Waals surface area (Å²) in [6, 6.07) is 5.23. The van der Waals surface area contributed by atoms with Crippen molar-refractivity contribution in [2.24, 2.45) is 11.3 Å². The van der Waals surface area contributed by atoms with Gasteiger partial charge in [-0.2, -0.15) is 0 Å². The van der Waals surface area contributed by atoms with Gasteiger partial charge in [0.2, 0.25) is 0 Å². The van der Waals surface area contributed by atoms with Gasteiger partial charge in [0.15, 0.2) is 10.8 Å². The van der Waals surface area contributed by atoms with Crippen molar-refractivity contribution in [1.82, 2.24) is 14.1 Å². The summed E-state index contributed by atoms with van der Waals surface area (Å²) in [6.07, 6.45) is 1.63. The van der Waals surface area contributed by atoms with Crippen LogP contribution in [-0.4, -0.2) is 24.3 Å². The fourth-order valence-electron chi connectivity index (χ4n) is 1.70. The average Bonchev–Trinajstić information content (AvgIpc) is 2.75. The van der Waals surface area contributed by atoms with Gasteiger partial charge in [-0.15, -0.1) is 0 Å². The Labute approximate surface area is 118 Å². The normalized spacial score (nSPS) is 12.8. The van der Waals surface area contributed by atoms with Crippen molar-refractivity contribution >= 4 is 21.5 Å². The van der Waals surface area contributed by atoms with Gasteiger partial charge in [0.25, 0.3) is 10.0 Å². The fourth-order valence-corrected chi connectivity index (χ4v) is 3.24. The van der Waals surface area contributed by atoms with Crippen molar-refractivity contribution in [1.29, 1.82) is 0 Å². The van der Waals surface area contributed by atoms with Crippen LogP contribution >= 0.6 is 0 Å². The van der Waals surface area contributed by atoms with Gasteiger partial charge in [-0.25, -0.2) is 24.0 Å². The highest BCUT2D eigenvalue weighted by Gasteiger charge is 2.26. The zero-order chi connectivity index (χ0) is 15.0. The number of rotatable bonds is 4. The number of nitrogens with zero attached hydrogens (tertiary/aromatic N) is 2. The van der Waals surface area contributed by atoms with Crippen molar-refractivity contribution in [3.8, 4) is 0 Å². The molecule has 2 aromatic heterocycles. The predicted octanol–water partition coefficient (Wildman–Crippen LogP) is 0.944. The van der Waals surface area contributed by atoms with E-state index in [9.17, 15) is 8.42 Å². The van der Waals surface area contributed by atoms with Crippen LogP contribution in [0.15, 0.2) is 29.4 Å². The molecule has 0 spiro atoms. The van der Waals surface area contributed by atoms with Crippen molar-refractivity contribution in [2.75, 3.05) is 12.0 Å². The van der Waals surface area contributed by atoms with Crippen molar-refractivity contribution < 1.29 is 8.42 Å². The molecule has 0 atom stereocenters. The van der Waals surface area contributed by atoms with Gasteiger partial charge in [0, 0.05) is 12.7 Å². The second-order valence-electron chi connectivity index (χ2n) is 5.72. The van der Waals surface area contributed by atoms with Crippen LogP contribution in [0.4, 0.5) is 5.82 Å². The fraction of sp³-hybridized carbons (Fsp3) is 0.417. The monoisotopic (exact) mass is 297 g/mol. The number of aromatic nitrogens is 2. The minimum absolute atomic E-state index is 0.0138. The molecule has 0 aliphatic carbocycles. The Morgan fingerprint density at radius 1 is 1.35 bits per heavy atom. The summed E-state index contributed by atoms with van der Waals surface area (Å²) in [7, 11) is -3.71. The number of hydrogen-bond donors (Lipinski definition) is 3. The van der Waals surface area contributed by atoms with E-state index >= 15 is 0 Å². The maximum atomic E-state index is 12.5. The van der Waals surface area contributed by atoms with E-state index < -0.39 is 10.0 Å². The van der Waals surface area contributed by atoms with Crippen LogP contribution in [0.25, 0.3) is 5.65 Å². The number of pyridine rings is 1. The second kappa shape index (κ2) is 5.04. The number of hydrazine groups is 1. The summed E-state index contributed by atoms with van der Waals surface area (Å²) < 4.78 is 29.0. The molecule has 2 rings (SSSR count). The van der Waals surface area contributed by atoms with E-state index in [0.717, 1.165) is 0 Å². The lowest BCUT2D eigenvalue weighted by Gasteiger charge is -2.18. The minimum Gasteiger partial charge on any atom is -0.306 e. The number of hydrogen-bond acceptors (Lipinski definition) is 5. The molecule has 0 aliphatic heterocycles.